The lowest BCUT2D eigenvalue weighted by Crippen LogP contribution is -2.43. The molecule has 152 valence electrons. The summed E-state index contributed by atoms with van der Waals surface area (Å²) in [6.45, 7) is 10.5. The van der Waals surface area contributed by atoms with E-state index in [1.807, 2.05) is 20.8 Å². The number of Topliss-reactive ketones (excluding diaryl/α,β-unsaturated/α-hetero) is 1. The number of phenols is 2. The molecule has 1 atom stereocenters. The van der Waals surface area contributed by atoms with Gasteiger partial charge in [0.25, 0.3) is 0 Å². The number of fused-ring (bicyclic) bond motifs is 3. The van der Waals surface area contributed by atoms with Gasteiger partial charge in [0.1, 0.15) is 5.75 Å². The Morgan fingerprint density at radius 1 is 1.07 bits per heavy atom. The van der Waals surface area contributed by atoms with Gasteiger partial charge in [0.15, 0.2) is 17.3 Å². The maximum atomic E-state index is 13.3. The summed E-state index contributed by atoms with van der Waals surface area (Å²) < 4.78 is 5.37. The van der Waals surface area contributed by atoms with Crippen molar-refractivity contribution in [1.29, 1.82) is 0 Å². The van der Waals surface area contributed by atoms with Crippen LogP contribution < -0.4 is 4.74 Å². The molecule has 0 spiro atoms. The third-order valence-corrected chi connectivity index (χ3v) is 6.20. The SMILES string of the molecule is CC(=O)Oc1c2c(c(O)c(O)c1C(C)C)[C@@]1(C)CCCC(C)(C)C1=C(O)C2=O. The third kappa shape index (κ3) is 2.61. The Bertz CT molecular complexity index is 922. The number of aliphatic hydroxyl groups is 1. The number of phenolic OH excluding ortho intramolecular Hbond substituents is 2. The van der Waals surface area contributed by atoms with Gasteiger partial charge >= 0.3 is 5.97 Å². The van der Waals surface area contributed by atoms with E-state index in [-0.39, 0.29) is 45.6 Å². The van der Waals surface area contributed by atoms with Gasteiger partial charge in [-0.1, -0.05) is 41.0 Å². The second kappa shape index (κ2) is 6.26. The molecule has 0 unspecified atom stereocenters. The molecule has 0 aliphatic heterocycles. The Balaban J connectivity index is 2.49. The van der Waals surface area contributed by atoms with E-state index >= 15 is 0 Å². The summed E-state index contributed by atoms with van der Waals surface area (Å²) in [5.74, 6) is -2.87. The molecule has 1 fully saturated rings. The van der Waals surface area contributed by atoms with E-state index in [0.717, 1.165) is 12.8 Å². The normalized spacial score (nSPS) is 23.5. The second-order valence-electron chi connectivity index (χ2n) is 9.06. The van der Waals surface area contributed by atoms with Crippen LogP contribution in [0.2, 0.25) is 0 Å². The highest BCUT2D eigenvalue weighted by molar-refractivity contribution is 6.14. The van der Waals surface area contributed by atoms with E-state index in [1.165, 1.54) is 6.92 Å². The molecule has 1 aromatic rings. The molecule has 6 nitrogen and oxygen atoms in total. The van der Waals surface area contributed by atoms with Crippen LogP contribution in [-0.4, -0.2) is 27.1 Å². The largest absolute Gasteiger partial charge is 0.504 e. The van der Waals surface area contributed by atoms with Gasteiger partial charge in [-0.15, -0.1) is 0 Å². The topological polar surface area (TPSA) is 104 Å². The first-order valence-corrected chi connectivity index (χ1v) is 9.64. The minimum absolute atomic E-state index is 0.0318. The number of ketones is 1. The number of hydrogen-bond acceptors (Lipinski definition) is 6. The molecule has 28 heavy (non-hydrogen) atoms. The predicted octanol–water partition coefficient (Wildman–Crippen LogP) is 4.62. The maximum absolute atomic E-state index is 13.3. The second-order valence-corrected chi connectivity index (χ2v) is 9.06. The van der Waals surface area contributed by atoms with Crippen LogP contribution in [0, 0.1) is 5.41 Å². The summed E-state index contributed by atoms with van der Waals surface area (Å²) in [5.41, 5.74) is -0.377. The zero-order chi connectivity index (χ0) is 21.2. The number of aliphatic hydroxyl groups excluding tert-OH is 1. The molecule has 0 bridgehead atoms. The highest BCUT2D eigenvalue weighted by atomic mass is 16.5. The number of hydrogen-bond donors (Lipinski definition) is 3. The van der Waals surface area contributed by atoms with Gasteiger partial charge < -0.3 is 20.1 Å². The first kappa shape index (κ1) is 20.2. The highest BCUT2D eigenvalue weighted by Gasteiger charge is 2.53. The molecule has 2 aliphatic rings. The van der Waals surface area contributed by atoms with Crippen molar-refractivity contribution >= 4 is 11.8 Å². The molecule has 0 heterocycles. The summed E-state index contributed by atoms with van der Waals surface area (Å²) in [7, 11) is 0. The number of rotatable bonds is 2. The molecule has 3 N–H and O–H groups in total. The number of benzene rings is 1. The molecule has 1 aromatic carbocycles. The smallest absolute Gasteiger partial charge is 0.308 e. The van der Waals surface area contributed by atoms with Crippen LogP contribution in [0.25, 0.3) is 0 Å². The lowest BCUT2D eigenvalue weighted by Gasteiger charge is -2.49. The zero-order valence-electron chi connectivity index (χ0n) is 17.3. The van der Waals surface area contributed by atoms with E-state index < -0.39 is 22.6 Å². The van der Waals surface area contributed by atoms with Crippen molar-refractivity contribution in [3.05, 3.63) is 28.0 Å². The summed E-state index contributed by atoms with van der Waals surface area (Å²) in [5, 5.41) is 32.7. The number of allylic oxidation sites excluding steroid dienone is 2. The predicted molar refractivity (Wildman–Crippen MR) is 104 cm³/mol. The fourth-order valence-electron chi connectivity index (χ4n) is 5.20. The zero-order valence-corrected chi connectivity index (χ0v) is 17.3. The number of aromatic hydroxyl groups is 2. The molecule has 0 saturated heterocycles. The van der Waals surface area contributed by atoms with Gasteiger partial charge in [-0.05, 0) is 29.7 Å². The van der Waals surface area contributed by atoms with Gasteiger partial charge in [0.2, 0.25) is 5.78 Å². The minimum atomic E-state index is -0.860. The summed E-state index contributed by atoms with van der Waals surface area (Å²) in [6, 6.07) is 0. The van der Waals surface area contributed by atoms with E-state index in [2.05, 4.69) is 0 Å². The quantitative estimate of drug-likeness (QED) is 0.388. The van der Waals surface area contributed by atoms with Crippen LogP contribution in [-0.2, 0) is 10.2 Å². The van der Waals surface area contributed by atoms with Crippen molar-refractivity contribution < 1.29 is 29.6 Å². The molecule has 2 aliphatic carbocycles. The van der Waals surface area contributed by atoms with Gasteiger partial charge in [-0.2, -0.15) is 0 Å². The van der Waals surface area contributed by atoms with Crippen molar-refractivity contribution in [3.63, 3.8) is 0 Å². The Labute approximate surface area is 164 Å². The van der Waals surface area contributed by atoms with Crippen LogP contribution in [0.1, 0.15) is 88.2 Å². The van der Waals surface area contributed by atoms with Gasteiger partial charge in [-0.25, -0.2) is 0 Å². The van der Waals surface area contributed by atoms with Crippen molar-refractivity contribution in [1.82, 2.24) is 0 Å². The lowest BCUT2D eigenvalue weighted by molar-refractivity contribution is -0.131. The van der Waals surface area contributed by atoms with Gasteiger partial charge in [0, 0.05) is 23.5 Å². The average molecular weight is 388 g/mol. The van der Waals surface area contributed by atoms with Crippen LogP contribution in [0.4, 0.5) is 0 Å². The third-order valence-electron chi connectivity index (χ3n) is 6.20. The Morgan fingerprint density at radius 2 is 1.68 bits per heavy atom. The summed E-state index contributed by atoms with van der Waals surface area (Å²) in [4.78, 5) is 25.0. The van der Waals surface area contributed by atoms with Crippen LogP contribution >= 0.6 is 0 Å². The summed E-state index contributed by atoms with van der Waals surface area (Å²) in [6.07, 6.45) is 2.20. The first-order valence-electron chi connectivity index (χ1n) is 9.64. The molecule has 1 saturated carbocycles. The Kier molecular flexibility index (Phi) is 4.52. The molecule has 6 heteroatoms. The number of carbonyl (C=O) groups excluding carboxylic acids is 2. The molecule has 0 radical (unpaired) electrons. The number of esters is 1. The highest BCUT2D eigenvalue weighted by Crippen LogP contribution is 2.61. The van der Waals surface area contributed by atoms with Gasteiger partial charge in [-0.3, -0.25) is 9.59 Å². The molecular formula is C22H28O6. The van der Waals surface area contributed by atoms with E-state index in [4.69, 9.17) is 4.74 Å². The van der Waals surface area contributed by atoms with Crippen molar-refractivity contribution in [2.45, 2.75) is 72.1 Å². The fourth-order valence-corrected chi connectivity index (χ4v) is 5.20. The van der Waals surface area contributed by atoms with Crippen molar-refractivity contribution in [2.24, 2.45) is 5.41 Å². The summed E-state index contributed by atoms with van der Waals surface area (Å²) >= 11 is 0. The van der Waals surface area contributed by atoms with Crippen molar-refractivity contribution in [3.8, 4) is 17.2 Å². The lowest BCUT2D eigenvalue weighted by atomic mass is 9.54. The number of ether oxygens (including phenoxy) is 1. The molecule has 3 rings (SSSR count). The minimum Gasteiger partial charge on any atom is -0.504 e. The maximum Gasteiger partial charge on any atom is 0.308 e. The molecule has 0 aromatic heterocycles. The molecule has 0 amide bonds. The Morgan fingerprint density at radius 3 is 2.21 bits per heavy atom. The first-order chi connectivity index (χ1) is 12.8. The standard InChI is InChI=1S/C22H28O6/c1-10(2)12-15(24)17(26)14-13(19(12)28-11(3)23)16(25)18(27)20-21(4,5)8-7-9-22(14,20)6/h10,24,26-27H,7-9H2,1-6H3/t22-/m1/s1. The van der Waals surface area contributed by atoms with E-state index in [1.54, 1.807) is 13.8 Å². The average Bonchev–Trinajstić information content (AvgIpc) is 2.54. The van der Waals surface area contributed by atoms with E-state index in [0.29, 0.717) is 12.0 Å². The molecular weight excluding hydrogens is 360 g/mol. The van der Waals surface area contributed by atoms with Gasteiger partial charge in [0.05, 0.1) is 5.56 Å². The van der Waals surface area contributed by atoms with Crippen LogP contribution in [0.3, 0.4) is 0 Å². The van der Waals surface area contributed by atoms with E-state index in [9.17, 15) is 24.9 Å². The monoisotopic (exact) mass is 388 g/mol. The van der Waals surface area contributed by atoms with Crippen LogP contribution in [0.15, 0.2) is 11.3 Å². The number of carbonyl (C=O) groups is 2. The van der Waals surface area contributed by atoms with Crippen molar-refractivity contribution in [2.75, 3.05) is 0 Å². The fraction of sp³-hybridized carbons (Fsp3) is 0.545. The van der Waals surface area contributed by atoms with Crippen LogP contribution in [0.5, 0.6) is 17.2 Å². The Hall–Kier alpha value is -2.50.